The Morgan fingerprint density at radius 3 is 2.67 bits per heavy atom. The highest BCUT2D eigenvalue weighted by atomic mass is 16.5. The van der Waals surface area contributed by atoms with Crippen LogP contribution in [0.4, 0.5) is 0 Å². The summed E-state index contributed by atoms with van der Waals surface area (Å²) in [7, 11) is 3.39. The minimum atomic E-state index is 0.628. The number of hydrogen-bond donors (Lipinski definition) is 1. The number of para-hydroxylation sites is 1. The van der Waals surface area contributed by atoms with Crippen LogP contribution >= 0.6 is 0 Å². The van der Waals surface area contributed by atoms with E-state index in [9.17, 15) is 0 Å². The second-order valence-electron chi connectivity index (χ2n) is 4.64. The van der Waals surface area contributed by atoms with Crippen molar-refractivity contribution in [2.75, 3.05) is 40.5 Å². The highest BCUT2D eigenvalue weighted by Gasteiger charge is 2.08. The van der Waals surface area contributed by atoms with Crippen LogP contribution in [0.25, 0.3) is 6.08 Å². The van der Waals surface area contributed by atoms with Gasteiger partial charge in [0.15, 0.2) is 11.5 Å². The van der Waals surface area contributed by atoms with E-state index in [2.05, 4.69) is 18.3 Å². The zero-order valence-electron chi connectivity index (χ0n) is 13.6. The molecule has 0 aliphatic rings. The molecule has 1 aromatic carbocycles. The maximum atomic E-state index is 5.61. The van der Waals surface area contributed by atoms with Gasteiger partial charge in [0.05, 0.1) is 20.3 Å². The van der Waals surface area contributed by atoms with E-state index in [0.717, 1.165) is 43.2 Å². The molecule has 0 aromatic heterocycles. The molecule has 0 atom stereocenters. The molecule has 0 bridgehead atoms. The Kier molecular flexibility index (Phi) is 8.55. The molecule has 118 valence electrons. The molecule has 0 amide bonds. The van der Waals surface area contributed by atoms with E-state index in [4.69, 9.17) is 14.2 Å². The Labute approximate surface area is 128 Å². The van der Waals surface area contributed by atoms with Gasteiger partial charge in [-0.2, -0.15) is 0 Å². The molecule has 0 heterocycles. The molecular weight excluding hydrogens is 266 g/mol. The van der Waals surface area contributed by atoms with Gasteiger partial charge in [-0.15, -0.1) is 0 Å². The van der Waals surface area contributed by atoms with Crippen LogP contribution in [0.15, 0.2) is 23.8 Å². The van der Waals surface area contributed by atoms with Crippen LogP contribution in [0.5, 0.6) is 11.5 Å². The van der Waals surface area contributed by atoms with Gasteiger partial charge in [-0.05, 0) is 19.4 Å². The fourth-order valence-electron chi connectivity index (χ4n) is 2.06. The van der Waals surface area contributed by atoms with Crippen LogP contribution in [0, 0.1) is 0 Å². The van der Waals surface area contributed by atoms with Crippen LogP contribution in [-0.2, 0) is 4.74 Å². The van der Waals surface area contributed by atoms with Gasteiger partial charge in [-0.3, -0.25) is 0 Å². The molecular formula is C17H27NO3. The summed E-state index contributed by atoms with van der Waals surface area (Å²) in [4.78, 5) is 0. The first-order chi connectivity index (χ1) is 10.3. The summed E-state index contributed by atoms with van der Waals surface area (Å²) >= 11 is 0. The predicted octanol–water partition coefficient (Wildman–Crippen LogP) is 3.12. The molecule has 0 saturated heterocycles. The molecule has 0 aliphatic heterocycles. The predicted molar refractivity (Wildman–Crippen MR) is 87.2 cm³/mol. The fraction of sp³-hybridized carbons (Fsp3) is 0.529. The van der Waals surface area contributed by atoms with Gasteiger partial charge in [-0.25, -0.2) is 0 Å². The second-order valence-corrected chi connectivity index (χ2v) is 4.64. The van der Waals surface area contributed by atoms with Gasteiger partial charge >= 0.3 is 0 Å². The molecule has 4 nitrogen and oxygen atoms in total. The maximum absolute atomic E-state index is 5.61. The first-order valence-electron chi connectivity index (χ1n) is 7.45. The van der Waals surface area contributed by atoms with Crippen molar-refractivity contribution in [3.8, 4) is 11.5 Å². The summed E-state index contributed by atoms with van der Waals surface area (Å²) < 4.78 is 16.2. The molecule has 0 spiro atoms. The van der Waals surface area contributed by atoms with E-state index in [1.165, 1.54) is 5.57 Å². The van der Waals surface area contributed by atoms with Crippen molar-refractivity contribution in [3.63, 3.8) is 0 Å². The first-order valence-corrected chi connectivity index (χ1v) is 7.45. The summed E-state index contributed by atoms with van der Waals surface area (Å²) in [6, 6.07) is 5.97. The smallest absolute Gasteiger partial charge is 0.167 e. The first kappa shape index (κ1) is 17.5. The minimum absolute atomic E-state index is 0.628. The third kappa shape index (κ3) is 5.78. The molecule has 4 heteroatoms. The van der Waals surface area contributed by atoms with E-state index >= 15 is 0 Å². The summed E-state index contributed by atoms with van der Waals surface area (Å²) in [5, 5.41) is 3.37. The van der Waals surface area contributed by atoms with Crippen LogP contribution < -0.4 is 14.8 Å². The van der Waals surface area contributed by atoms with Crippen molar-refractivity contribution in [2.24, 2.45) is 0 Å². The van der Waals surface area contributed by atoms with Gasteiger partial charge in [-0.1, -0.05) is 30.7 Å². The van der Waals surface area contributed by atoms with Gasteiger partial charge in [0.25, 0.3) is 0 Å². The van der Waals surface area contributed by atoms with E-state index in [1.54, 1.807) is 14.2 Å². The normalized spacial score (nSPS) is 11.5. The van der Waals surface area contributed by atoms with E-state index in [-0.39, 0.29) is 0 Å². The third-order valence-corrected chi connectivity index (χ3v) is 3.16. The second kappa shape index (κ2) is 10.2. The Hall–Kier alpha value is -1.52. The summed E-state index contributed by atoms with van der Waals surface area (Å²) in [6.07, 6.45) is 3.16. The van der Waals surface area contributed by atoms with E-state index in [0.29, 0.717) is 6.61 Å². The Morgan fingerprint density at radius 2 is 2.05 bits per heavy atom. The van der Waals surface area contributed by atoms with Gasteiger partial charge < -0.3 is 19.5 Å². The highest BCUT2D eigenvalue weighted by Crippen LogP contribution is 2.32. The standard InChI is InChI=1S/C17H27NO3/c1-5-14(13-18-10-11-19-3)12-15-8-7-9-16(21-6-2)17(15)20-4/h7-9,12,18H,5-6,10-11,13H2,1-4H3. The number of rotatable bonds is 10. The monoisotopic (exact) mass is 293 g/mol. The molecule has 0 saturated carbocycles. The zero-order chi connectivity index (χ0) is 15.5. The molecule has 0 fully saturated rings. The van der Waals surface area contributed by atoms with Crippen LogP contribution in [0.2, 0.25) is 0 Å². The molecule has 1 aromatic rings. The van der Waals surface area contributed by atoms with Crippen molar-refractivity contribution in [2.45, 2.75) is 20.3 Å². The Bertz CT molecular complexity index is 444. The lowest BCUT2D eigenvalue weighted by Crippen LogP contribution is -2.21. The summed E-state index contributed by atoms with van der Waals surface area (Å²) in [6.45, 7) is 7.18. The van der Waals surface area contributed by atoms with Crippen molar-refractivity contribution in [1.29, 1.82) is 0 Å². The summed E-state index contributed by atoms with van der Waals surface area (Å²) in [5.74, 6) is 1.58. The Morgan fingerprint density at radius 1 is 1.24 bits per heavy atom. The quantitative estimate of drug-likeness (QED) is 0.673. The fourth-order valence-corrected chi connectivity index (χ4v) is 2.06. The number of nitrogens with one attached hydrogen (secondary N) is 1. The van der Waals surface area contributed by atoms with Crippen LogP contribution in [0.3, 0.4) is 0 Å². The lowest BCUT2D eigenvalue weighted by Gasteiger charge is -2.13. The number of methoxy groups -OCH3 is 2. The SMILES string of the molecule is CCOc1cccc(C=C(CC)CNCCOC)c1OC. The van der Waals surface area contributed by atoms with Gasteiger partial charge in [0.1, 0.15) is 0 Å². The molecule has 0 radical (unpaired) electrons. The Balaban J connectivity index is 2.86. The summed E-state index contributed by atoms with van der Waals surface area (Å²) in [5.41, 5.74) is 2.37. The number of benzene rings is 1. The maximum Gasteiger partial charge on any atom is 0.167 e. The lowest BCUT2D eigenvalue weighted by molar-refractivity contribution is 0.200. The molecule has 1 N–H and O–H groups in total. The molecule has 21 heavy (non-hydrogen) atoms. The van der Waals surface area contributed by atoms with E-state index < -0.39 is 0 Å². The van der Waals surface area contributed by atoms with Crippen molar-refractivity contribution < 1.29 is 14.2 Å². The van der Waals surface area contributed by atoms with Crippen molar-refractivity contribution in [3.05, 3.63) is 29.3 Å². The minimum Gasteiger partial charge on any atom is -0.492 e. The van der Waals surface area contributed by atoms with Gasteiger partial charge in [0, 0.05) is 25.8 Å². The van der Waals surface area contributed by atoms with Crippen LogP contribution in [0.1, 0.15) is 25.8 Å². The topological polar surface area (TPSA) is 39.7 Å². The average molecular weight is 293 g/mol. The molecule has 0 unspecified atom stereocenters. The van der Waals surface area contributed by atoms with E-state index in [1.807, 2.05) is 25.1 Å². The van der Waals surface area contributed by atoms with Gasteiger partial charge in [0.2, 0.25) is 0 Å². The lowest BCUT2D eigenvalue weighted by atomic mass is 10.1. The van der Waals surface area contributed by atoms with Crippen LogP contribution in [-0.4, -0.2) is 40.5 Å². The molecule has 1 rings (SSSR count). The number of hydrogen-bond acceptors (Lipinski definition) is 4. The average Bonchev–Trinajstić information content (AvgIpc) is 2.51. The zero-order valence-corrected chi connectivity index (χ0v) is 13.6. The largest absolute Gasteiger partial charge is 0.492 e. The highest BCUT2D eigenvalue weighted by molar-refractivity contribution is 5.64. The number of ether oxygens (including phenoxy) is 3. The van der Waals surface area contributed by atoms with Crippen molar-refractivity contribution in [1.82, 2.24) is 5.32 Å². The van der Waals surface area contributed by atoms with Crippen molar-refractivity contribution >= 4 is 6.08 Å². The molecule has 0 aliphatic carbocycles. The third-order valence-electron chi connectivity index (χ3n) is 3.16.